The van der Waals surface area contributed by atoms with Crippen LogP contribution in [-0.4, -0.2) is 37.0 Å². The van der Waals surface area contributed by atoms with Gasteiger partial charge < -0.3 is 5.11 Å². The van der Waals surface area contributed by atoms with Crippen molar-refractivity contribution in [2.75, 3.05) is 13.2 Å². The maximum Gasteiger partial charge on any atom is 0.243 e. The van der Waals surface area contributed by atoms with Gasteiger partial charge in [-0.25, -0.2) is 8.42 Å². The highest BCUT2D eigenvalue weighted by atomic mass is 32.2. The Hall–Kier alpha value is -0.910. The lowest BCUT2D eigenvalue weighted by Crippen LogP contribution is -2.43. The largest absolute Gasteiger partial charge is 0.395 e. The average Bonchev–Trinajstić information content (AvgIpc) is 2.45. The van der Waals surface area contributed by atoms with Crippen LogP contribution in [0.5, 0.6) is 0 Å². The fourth-order valence-electron chi connectivity index (χ4n) is 2.88. The molecular weight excluding hydrogens is 274 g/mol. The van der Waals surface area contributed by atoms with Crippen LogP contribution in [0.15, 0.2) is 29.2 Å². The first-order valence-electron chi connectivity index (χ1n) is 7.25. The molecule has 0 aliphatic heterocycles. The SMILES string of the molecule is Cc1cccc(S(=O)(=O)N(CCO)C2CCCCC2)c1. The standard InChI is InChI=1S/C15H23NO3S/c1-13-6-5-9-15(12-13)20(18,19)16(10-11-17)14-7-3-2-4-8-14/h5-6,9,12,14,17H,2-4,7-8,10-11H2,1H3. The molecule has 0 aromatic heterocycles. The minimum absolute atomic E-state index is 0.0291. The van der Waals surface area contributed by atoms with E-state index in [1.807, 2.05) is 13.0 Å². The maximum atomic E-state index is 12.8. The molecule has 112 valence electrons. The van der Waals surface area contributed by atoms with Crippen molar-refractivity contribution in [1.29, 1.82) is 0 Å². The van der Waals surface area contributed by atoms with Gasteiger partial charge in [0.25, 0.3) is 0 Å². The van der Waals surface area contributed by atoms with Gasteiger partial charge in [0, 0.05) is 12.6 Å². The second-order valence-electron chi connectivity index (χ2n) is 5.45. The number of aliphatic hydroxyl groups is 1. The van der Waals surface area contributed by atoms with Gasteiger partial charge in [-0.3, -0.25) is 0 Å². The van der Waals surface area contributed by atoms with E-state index in [0.717, 1.165) is 31.2 Å². The van der Waals surface area contributed by atoms with Crippen molar-refractivity contribution >= 4 is 10.0 Å². The van der Waals surface area contributed by atoms with Gasteiger partial charge in [-0.2, -0.15) is 4.31 Å². The quantitative estimate of drug-likeness (QED) is 0.907. The summed E-state index contributed by atoms with van der Waals surface area (Å²) in [6.07, 6.45) is 5.09. The van der Waals surface area contributed by atoms with Gasteiger partial charge in [0.1, 0.15) is 0 Å². The second-order valence-corrected chi connectivity index (χ2v) is 7.34. The van der Waals surface area contributed by atoms with E-state index in [4.69, 9.17) is 0 Å². The molecule has 1 aliphatic rings. The third kappa shape index (κ3) is 3.40. The molecule has 1 aliphatic carbocycles. The summed E-state index contributed by atoms with van der Waals surface area (Å²) in [6.45, 7) is 1.93. The number of hydrogen-bond acceptors (Lipinski definition) is 3. The maximum absolute atomic E-state index is 12.8. The number of aliphatic hydroxyl groups excluding tert-OH is 1. The van der Waals surface area contributed by atoms with Crippen molar-refractivity contribution in [2.24, 2.45) is 0 Å². The van der Waals surface area contributed by atoms with Crippen LogP contribution in [0, 0.1) is 6.92 Å². The van der Waals surface area contributed by atoms with E-state index in [2.05, 4.69) is 0 Å². The summed E-state index contributed by atoms with van der Waals surface area (Å²) in [4.78, 5) is 0.330. The molecule has 0 unspecified atom stereocenters. The molecule has 0 spiro atoms. The molecule has 0 heterocycles. The van der Waals surface area contributed by atoms with Crippen LogP contribution in [-0.2, 0) is 10.0 Å². The molecule has 2 rings (SSSR count). The Morgan fingerprint density at radius 1 is 1.25 bits per heavy atom. The predicted molar refractivity (Wildman–Crippen MR) is 79.0 cm³/mol. The van der Waals surface area contributed by atoms with E-state index in [0.29, 0.717) is 4.90 Å². The third-order valence-corrected chi connectivity index (χ3v) is 5.85. The highest BCUT2D eigenvalue weighted by Gasteiger charge is 2.31. The van der Waals surface area contributed by atoms with Gasteiger partial charge in [-0.1, -0.05) is 31.4 Å². The van der Waals surface area contributed by atoms with E-state index >= 15 is 0 Å². The van der Waals surface area contributed by atoms with E-state index in [9.17, 15) is 13.5 Å². The molecule has 1 saturated carbocycles. The fraction of sp³-hybridized carbons (Fsp3) is 0.600. The van der Waals surface area contributed by atoms with Gasteiger partial charge >= 0.3 is 0 Å². The van der Waals surface area contributed by atoms with Crippen LogP contribution in [0.4, 0.5) is 0 Å². The molecule has 0 atom stereocenters. The second kappa shape index (κ2) is 6.70. The third-order valence-electron chi connectivity index (χ3n) is 3.90. The first-order chi connectivity index (χ1) is 9.55. The first-order valence-corrected chi connectivity index (χ1v) is 8.69. The Balaban J connectivity index is 2.31. The van der Waals surface area contributed by atoms with Gasteiger partial charge in [0.15, 0.2) is 0 Å². The van der Waals surface area contributed by atoms with Gasteiger partial charge in [-0.05, 0) is 37.5 Å². The number of sulfonamides is 1. The van der Waals surface area contributed by atoms with Crippen molar-refractivity contribution in [2.45, 2.75) is 50.0 Å². The van der Waals surface area contributed by atoms with Crippen molar-refractivity contribution in [3.8, 4) is 0 Å². The Labute approximate surface area is 121 Å². The molecular formula is C15H23NO3S. The number of hydrogen-bond donors (Lipinski definition) is 1. The number of rotatable bonds is 5. The molecule has 0 amide bonds. The zero-order valence-electron chi connectivity index (χ0n) is 12.0. The molecule has 1 N–H and O–H groups in total. The van der Waals surface area contributed by atoms with Crippen molar-refractivity contribution in [3.05, 3.63) is 29.8 Å². The van der Waals surface area contributed by atoms with E-state index in [1.165, 1.54) is 10.7 Å². The molecule has 0 bridgehead atoms. The molecule has 1 aromatic rings. The Morgan fingerprint density at radius 2 is 1.95 bits per heavy atom. The number of aryl methyl sites for hydroxylation is 1. The molecule has 0 radical (unpaired) electrons. The van der Waals surface area contributed by atoms with Gasteiger partial charge in [-0.15, -0.1) is 0 Å². The summed E-state index contributed by atoms with van der Waals surface area (Å²) in [5.41, 5.74) is 0.929. The zero-order chi connectivity index (χ0) is 14.6. The molecule has 20 heavy (non-hydrogen) atoms. The summed E-state index contributed by atoms with van der Waals surface area (Å²) < 4.78 is 27.1. The summed E-state index contributed by atoms with van der Waals surface area (Å²) in [6, 6.07) is 7.01. The molecule has 1 fully saturated rings. The summed E-state index contributed by atoms with van der Waals surface area (Å²) in [7, 11) is -3.51. The minimum atomic E-state index is -3.51. The van der Waals surface area contributed by atoms with E-state index < -0.39 is 10.0 Å². The summed E-state index contributed by atoms with van der Waals surface area (Å²) >= 11 is 0. The minimum Gasteiger partial charge on any atom is -0.395 e. The van der Waals surface area contributed by atoms with Crippen molar-refractivity contribution in [1.82, 2.24) is 4.31 Å². The summed E-state index contributed by atoms with van der Waals surface area (Å²) in [5.74, 6) is 0. The van der Waals surface area contributed by atoms with Crippen LogP contribution in [0.3, 0.4) is 0 Å². The van der Waals surface area contributed by atoms with Crippen LogP contribution >= 0.6 is 0 Å². The Morgan fingerprint density at radius 3 is 2.55 bits per heavy atom. The number of benzene rings is 1. The lowest BCUT2D eigenvalue weighted by atomic mass is 9.95. The van der Waals surface area contributed by atoms with Gasteiger partial charge in [0.05, 0.1) is 11.5 Å². The monoisotopic (exact) mass is 297 g/mol. The predicted octanol–water partition coefficient (Wildman–Crippen LogP) is 2.31. The van der Waals surface area contributed by atoms with Crippen molar-refractivity contribution in [3.63, 3.8) is 0 Å². The summed E-state index contributed by atoms with van der Waals surface area (Å²) in [5, 5.41) is 9.23. The normalized spacial score (nSPS) is 17.6. The fourth-order valence-corrected chi connectivity index (χ4v) is 4.66. The highest BCUT2D eigenvalue weighted by molar-refractivity contribution is 7.89. The van der Waals surface area contributed by atoms with Crippen LogP contribution in [0.1, 0.15) is 37.7 Å². The van der Waals surface area contributed by atoms with Crippen LogP contribution in [0.25, 0.3) is 0 Å². The van der Waals surface area contributed by atoms with E-state index in [-0.39, 0.29) is 19.2 Å². The van der Waals surface area contributed by atoms with Crippen LogP contribution in [0.2, 0.25) is 0 Å². The van der Waals surface area contributed by atoms with Crippen molar-refractivity contribution < 1.29 is 13.5 Å². The Kier molecular flexibility index (Phi) is 5.18. The lowest BCUT2D eigenvalue weighted by molar-refractivity contribution is 0.199. The van der Waals surface area contributed by atoms with Crippen LogP contribution < -0.4 is 0 Å². The molecule has 1 aromatic carbocycles. The molecule has 4 nitrogen and oxygen atoms in total. The zero-order valence-corrected chi connectivity index (χ0v) is 12.8. The van der Waals surface area contributed by atoms with Gasteiger partial charge in [0.2, 0.25) is 10.0 Å². The molecule has 0 saturated heterocycles. The average molecular weight is 297 g/mol. The topological polar surface area (TPSA) is 57.6 Å². The Bertz CT molecular complexity index is 536. The smallest absolute Gasteiger partial charge is 0.243 e. The lowest BCUT2D eigenvalue weighted by Gasteiger charge is -2.33. The highest BCUT2D eigenvalue weighted by Crippen LogP contribution is 2.27. The first kappa shape index (κ1) is 15.5. The molecule has 5 heteroatoms. The van der Waals surface area contributed by atoms with E-state index in [1.54, 1.807) is 18.2 Å². The number of nitrogens with zero attached hydrogens (tertiary/aromatic N) is 1.